The number of pyridine rings is 1. The maximum Gasteiger partial charge on any atom is 0.416 e. The Morgan fingerprint density at radius 3 is 2.45 bits per heavy atom. The fourth-order valence-electron chi connectivity index (χ4n) is 5.33. The fourth-order valence-corrected chi connectivity index (χ4v) is 6.32. The highest BCUT2D eigenvalue weighted by Crippen LogP contribution is 2.33. The first-order valence-corrected chi connectivity index (χ1v) is 15.7. The third-order valence-corrected chi connectivity index (χ3v) is 8.87. The van der Waals surface area contributed by atoms with E-state index in [4.69, 9.17) is 19.9 Å². The van der Waals surface area contributed by atoms with Gasteiger partial charge in [0.25, 0.3) is 0 Å². The van der Waals surface area contributed by atoms with E-state index in [2.05, 4.69) is 9.97 Å². The lowest BCUT2D eigenvalue weighted by Crippen LogP contribution is -2.24. The topological polar surface area (TPSA) is 106 Å². The van der Waals surface area contributed by atoms with E-state index >= 15 is 0 Å². The van der Waals surface area contributed by atoms with E-state index in [-0.39, 0.29) is 17.7 Å². The number of thioether (sulfide) groups is 1. The van der Waals surface area contributed by atoms with Gasteiger partial charge in [-0.25, -0.2) is 4.98 Å². The van der Waals surface area contributed by atoms with Gasteiger partial charge in [0.2, 0.25) is 0 Å². The maximum absolute atomic E-state index is 13.3. The highest BCUT2D eigenvalue weighted by atomic mass is 32.2. The molecule has 0 atom stereocenters. The van der Waals surface area contributed by atoms with Gasteiger partial charge in [-0.15, -0.1) is 0 Å². The van der Waals surface area contributed by atoms with Crippen molar-refractivity contribution in [1.29, 1.82) is 5.41 Å². The Balaban J connectivity index is 1.23. The Morgan fingerprint density at radius 2 is 1.74 bits per heavy atom. The highest BCUT2D eigenvalue weighted by molar-refractivity contribution is 7.98. The SMILES string of the molecule is COc1cc2nc(SCc3ccc(C(F)(F)F)cc3)n(CCCC(=O)c3cc4ccc(-c5cccnc5)cc4[nH]3)c(=N)c2cc1OC. The van der Waals surface area contributed by atoms with Crippen LogP contribution < -0.4 is 15.0 Å². The van der Waals surface area contributed by atoms with Gasteiger partial charge in [-0.3, -0.25) is 15.2 Å². The quantitative estimate of drug-likeness (QED) is 0.0830. The molecule has 0 radical (unpaired) electrons. The van der Waals surface area contributed by atoms with Crippen molar-refractivity contribution >= 4 is 39.4 Å². The molecule has 47 heavy (non-hydrogen) atoms. The summed E-state index contributed by atoms with van der Waals surface area (Å²) in [7, 11) is 3.02. The minimum Gasteiger partial charge on any atom is -0.493 e. The summed E-state index contributed by atoms with van der Waals surface area (Å²) >= 11 is 1.31. The normalized spacial score (nSPS) is 11.7. The van der Waals surface area contributed by atoms with Crippen LogP contribution in [-0.4, -0.2) is 39.5 Å². The summed E-state index contributed by atoms with van der Waals surface area (Å²) in [6.07, 6.45) is -0.249. The molecule has 3 heterocycles. The predicted molar refractivity (Wildman–Crippen MR) is 175 cm³/mol. The summed E-state index contributed by atoms with van der Waals surface area (Å²) < 4.78 is 51.8. The van der Waals surface area contributed by atoms with Crippen LogP contribution in [0.5, 0.6) is 11.5 Å². The van der Waals surface area contributed by atoms with Crippen molar-refractivity contribution in [3.8, 4) is 22.6 Å². The van der Waals surface area contributed by atoms with Crippen LogP contribution in [0.1, 0.15) is 34.5 Å². The number of rotatable bonds is 11. The highest BCUT2D eigenvalue weighted by Gasteiger charge is 2.30. The summed E-state index contributed by atoms with van der Waals surface area (Å²) in [5.74, 6) is 1.18. The first-order valence-electron chi connectivity index (χ1n) is 14.7. The standard InChI is InChI=1S/C35H30F3N5O3S/c1-45-31-17-26-28(18-32(31)46-2)42-34(47-20-21-7-11-25(12-8-21)35(36,37)38)43(33(26)39)14-4-6-30(44)29-16-23-10-9-22(15-27(23)41-29)24-5-3-13-40-19-24/h3,5,7-13,15-19,39,41H,4,6,14,20H2,1-2H3. The summed E-state index contributed by atoms with van der Waals surface area (Å²) in [5.41, 5.74) is 3.97. The number of hydrogen-bond donors (Lipinski definition) is 2. The van der Waals surface area contributed by atoms with Crippen molar-refractivity contribution in [1.82, 2.24) is 19.5 Å². The zero-order valence-electron chi connectivity index (χ0n) is 25.5. The van der Waals surface area contributed by atoms with Gasteiger partial charge in [0, 0.05) is 59.0 Å². The molecule has 0 aliphatic rings. The zero-order chi connectivity index (χ0) is 33.1. The number of fused-ring (bicyclic) bond motifs is 2. The van der Waals surface area contributed by atoms with Crippen molar-refractivity contribution in [2.75, 3.05) is 14.2 Å². The molecule has 0 saturated carbocycles. The Bertz CT molecular complexity index is 2130. The Hall–Kier alpha value is -5.10. The maximum atomic E-state index is 13.3. The van der Waals surface area contributed by atoms with Gasteiger partial charge in [0.05, 0.1) is 31.0 Å². The number of hydrogen-bond acceptors (Lipinski definition) is 7. The number of methoxy groups -OCH3 is 2. The van der Waals surface area contributed by atoms with Crippen LogP contribution >= 0.6 is 11.8 Å². The molecule has 0 saturated heterocycles. The number of alkyl halides is 3. The molecule has 8 nitrogen and oxygen atoms in total. The number of carbonyl (C=O) groups is 1. The Morgan fingerprint density at radius 1 is 0.979 bits per heavy atom. The van der Waals surface area contributed by atoms with Gasteiger partial charge in [0.1, 0.15) is 5.49 Å². The fraction of sp³-hybridized carbons (Fsp3) is 0.200. The molecule has 240 valence electrons. The monoisotopic (exact) mass is 657 g/mol. The van der Waals surface area contributed by atoms with Gasteiger partial charge in [-0.1, -0.05) is 42.1 Å². The van der Waals surface area contributed by atoms with Crippen molar-refractivity contribution in [3.05, 3.63) is 107 Å². The van der Waals surface area contributed by atoms with E-state index in [0.717, 1.165) is 34.2 Å². The minimum absolute atomic E-state index is 0.0598. The molecular weight excluding hydrogens is 627 g/mol. The lowest BCUT2D eigenvalue weighted by atomic mass is 10.1. The molecular formula is C35H30F3N5O3S. The first kappa shape index (κ1) is 31.9. The number of halogens is 3. The summed E-state index contributed by atoms with van der Waals surface area (Å²) in [6, 6.07) is 20.0. The van der Waals surface area contributed by atoms with Gasteiger partial charge in [-0.2, -0.15) is 13.2 Å². The number of Topliss-reactive ketones (excluding diaryl/α,β-unsaturated/α-hetero) is 1. The molecule has 0 fully saturated rings. The average Bonchev–Trinajstić information content (AvgIpc) is 3.52. The van der Waals surface area contributed by atoms with E-state index in [1.807, 2.05) is 36.4 Å². The summed E-state index contributed by atoms with van der Waals surface area (Å²) in [5, 5.41) is 11.0. The predicted octanol–water partition coefficient (Wildman–Crippen LogP) is 8.05. The number of H-pyrrole nitrogens is 1. The minimum atomic E-state index is -4.41. The number of ketones is 1. The van der Waals surface area contributed by atoms with E-state index < -0.39 is 11.7 Å². The van der Waals surface area contributed by atoms with Crippen LogP contribution in [-0.2, 0) is 18.5 Å². The number of carbonyl (C=O) groups excluding carboxylic acids is 1. The second-order valence-electron chi connectivity index (χ2n) is 10.9. The number of benzene rings is 3. The smallest absolute Gasteiger partial charge is 0.416 e. The van der Waals surface area contributed by atoms with E-state index in [1.165, 1.54) is 38.1 Å². The van der Waals surface area contributed by atoms with Crippen LogP contribution in [0.25, 0.3) is 32.9 Å². The van der Waals surface area contributed by atoms with Gasteiger partial charge in [0.15, 0.2) is 22.4 Å². The second-order valence-corrected chi connectivity index (χ2v) is 11.8. The van der Waals surface area contributed by atoms with Crippen molar-refractivity contribution in [2.24, 2.45) is 0 Å². The number of aromatic amines is 1. The van der Waals surface area contributed by atoms with Crippen LogP contribution in [0.4, 0.5) is 13.2 Å². The number of nitrogens with one attached hydrogen (secondary N) is 2. The van der Waals surface area contributed by atoms with Crippen LogP contribution in [0, 0.1) is 5.41 Å². The second kappa shape index (κ2) is 13.3. The molecule has 0 bridgehead atoms. The molecule has 0 aliphatic heterocycles. The van der Waals surface area contributed by atoms with Crippen LogP contribution in [0.15, 0.2) is 90.3 Å². The average molecular weight is 658 g/mol. The van der Waals surface area contributed by atoms with Crippen LogP contribution in [0.2, 0.25) is 0 Å². The van der Waals surface area contributed by atoms with Gasteiger partial charge in [-0.05, 0) is 53.9 Å². The zero-order valence-corrected chi connectivity index (χ0v) is 26.3. The number of ether oxygens (including phenoxy) is 2. The van der Waals surface area contributed by atoms with Crippen molar-refractivity contribution in [2.45, 2.75) is 36.5 Å². The lowest BCUT2D eigenvalue weighted by Gasteiger charge is -2.16. The molecule has 6 aromatic rings. The molecule has 6 rings (SSSR count). The number of aromatic nitrogens is 4. The third kappa shape index (κ3) is 6.87. The van der Waals surface area contributed by atoms with Crippen LogP contribution in [0.3, 0.4) is 0 Å². The van der Waals surface area contributed by atoms with Gasteiger partial charge >= 0.3 is 6.18 Å². The van der Waals surface area contributed by atoms with E-state index in [9.17, 15) is 18.0 Å². The summed E-state index contributed by atoms with van der Waals surface area (Å²) in [6.45, 7) is 0.322. The lowest BCUT2D eigenvalue weighted by molar-refractivity contribution is -0.137. The third-order valence-electron chi connectivity index (χ3n) is 7.83. The first-order chi connectivity index (χ1) is 22.6. The largest absolute Gasteiger partial charge is 0.493 e. The molecule has 3 aromatic heterocycles. The Kier molecular flexibility index (Phi) is 9.04. The Labute approximate surface area is 272 Å². The van der Waals surface area contributed by atoms with Gasteiger partial charge < -0.3 is 19.0 Å². The molecule has 0 spiro atoms. The molecule has 2 N–H and O–H groups in total. The van der Waals surface area contributed by atoms with Crippen molar-refractivity contribution < 1.29 is 27.4 Å². The van der Waals surface area contributed by atoms with Crippen molar-refractivity contribution in [3.63, 3.8) is 0 Å². The molecule has 3 aromatic carbocycles. The molecule has 0 amide bonds. The number of nitrogens with zero attached hydrogens (tertiary/aromatic N) is 3. The molecule has 12 heteroatoms. The van der Waals surface area contributed by atoms with E-state index in [1.54, 1.807) is 29.1 Å². The van der Waals surface area contributed by atoms with E-state index in [0.29, 0.717) is 57.5 Å². The molecule has 0 unspecified atom stereocenters. The molecule has 0 aliphatic carbocycles. The summed E-state index contributed by atoms with van der Waals surface area (Å²) in [4.78, 5) is 25.5.